The van der Waals surface area contributed by atoms with E-state index in [0.29, 0.717) is 6.61 Å². The molecule has 9 heavy (non-hydrogen) atoms. The zero-order valence-corrected chi connectivity index (χ0v) is 6.22. The standard InChI is InChI=1S/C6H15NO2/c1-6(2,8)5(7)4-9-3/h5,8H,4,7H2,1-3H3. The molecule has 0 bridgehead atoms. The van der Waals surface area contributed by atoms with Gasteiger partial charge in [-0.15, -0.1) is 0 Å². The average molecular weight is 133 g/mol. The van der Waals surface area contributed by atoms with Gasteiger partial charge in [-0.3, -0.25) is 0 Å². The van der Waals surface area contributed by atoms with E-state index in [1.807, 2.05) is 0 Å². The quantitative estimate of drug-likeness (QED) is 0.557. The molecule has 0 saturated carbocycles. The molecular formula is C6H15NO2. The van der Waals surface area contributed by atoms with Crippen LogP contribution in [0.15, 0.2) is 0 Å². The van der Waals surface area contributed by atoms with Gasteiger partial charge < -0.3 is 15.6 Å². The second-order valence-electron chi connectivity index (χ2n) is 2.72. The van der Waals surface area contributed by atoms with Gasteiger partial charge in [-0.2, -0.15) is 0 Å². The van der Waals surface area contributed by atoms with Gasteiger partial charge >= 0.3 is 0 Å². The number of nitrogens with two attached hydrogens (primary N) is 1. The fourth-order valence-electron chi connectivity index (χ4n) is 0.383. The summed E-state index contributed by atoms with van der Waals surface area (Å²) < 4.78 is 4.75. The van der Waals surface area contributed by atoms with Crippen LogP contribution in [-0.2, 0) is 4.74 Å². The van der Waals surface area contributed by atoms with E-state index in [0.717, 1.165) is 0 Å². The van der Waals surface area contributed by atoms with Gasteiger partial charge in [0.05, 0.1) is 18.2 Å². The Balaban J connectivity index is 3.59. The highest BCUT2D eigenvalue weighted by atomic mass is 16.5. The largest absolute Gasteiger partial charge is 0.389 e. The van der Waals surface area contributed by atoms with Gasteiger partial charge in [-0.25, -0.2) is 0 Å². The van der Waals surface area contributed by atoms with Gasteiger partial charge in [0.2, 0.25) is 0 Å². The van der Waals surface area contributed by atoms with Crippen LogP contribution in [0.3, 0.4) is 0 Å². The Labute approximate surface area is 55.8 Å². The lowest BCUT2D eigenvalue weighted by Crippen LogP contribution is -2.46. The molecule has 0 aromatic rings. The summed E-state index contributed by atoms with van der Waals surface area (Å²) in [7, 11) is 1.56. The first-order valence-electron chi connectivity index (χ1n) is 2.95. The zero-order chi connectivity index (χ0) is 7.49. The lowest BCUT2D eigenvalue weighted by Gasteiger charge is -2.24. The Morgan fingerprint density at radius 1 is 1.67 bits per heavy atom. The number of hydrogen-bond acceptors (Lipinski definition) is 3. The van der Waals surface area contributed by atoms with Crippen molar-refractivity contribution in [2.24, 2.45) is 5.73 Å². The minimum absolute atomic E-state index is 0.303. The van der Waals surface area contributed by atoms with Crippen molar-refractivity contribution >= 4 is 0 Å². The summed E-state index contributed by atoms with van der Waals surface area (Å²) in [5, 5.41) is 9.21. The zero-order valence-electron chi connectivity index (χ0n) is 6.22. The molecule has 56 valence electrons. The number of ether oxygens (including phenoxy) is 1. The van der Waals surface area contributed by atoms with Crippen molar-refractivity contribution in [2.45, 2.75) is 25.5 Å². The SMILES string of the molecule is COCC(N)C(C)(C)O. The summed E-state index contributed by atoms with van der Waals surface area (Å²) in [5.74, 6) is 0. The van der Waals surface area contributed by atoms with Crippen molar-refractivity contribution in [3.05, 3.63) is 0 Å². The lowest BCUT2D eigenvalue weighted by molar-refractivity contribution is 0.0197. The highest BCUT2D eigenvalue weighted by molar-refractivity contribution is 4.79. The third-order valence-electron chi connectivity index (χ3n) is 1.25. The maximum Gasteiger partial charge on any atom is 0.0764 e. The van der Waals surface area contributed by atoms with E-state index >= 15 is 0 Å². The van der Waals surface area contributed by atoms with Crippen LogP contribution in [0.2, 0.25) is 0 Å². The van der Waals surface area contributed by atoms with E-state index in [1.54, 1.807) is 21.0 Å². The Kier molecular flexibility index (Phi) is 3.11. The Morgan fingerprint density at radius 3 is 2.22 bits per heavy atom. The van der Waals surface area contributed by atoms with Gasteiger partial charge in [0.15, 0.2) is 0 Å². The molecule has 0 aliphatic rings. The van der Waals surface area contributed by atoms with Crippen LogP contribution >= 0.6 is 0 Å². The van der Waals surface area contributed by atoms with Crippen LogP contribution in [0.5, 0.6) is 0 Å². The monoisotopic (exact) mass is 133 g/mol. The molecule has 3 nitrogen and oxygen atoms in total. The summed E-state index contributed by atoms with van der Waals surface area (Å²) in [4.78, 5) is 0. The minimum atomic E-state index is -0.837. The van der Waals surface area contributed by atoms with Crippen LogP contribution in [0.1, 0.15) is 13.8 Å². The van der Waals surface area contributed by atoms with Gasteiger partial charge in [-0.05, 0) is 13.8 Å². The highest BCUT2D eigenvalue weighted by Crippen LogP contribution is 2.04. The summed E-state index contributed by atoms with van der Waals surface area (Å²) in [6.07, 6.45) is 0. The molecule has 0 fully saturated rings. The van der Waals surface area contributed by atoms with E-state index in [1.165, 1.54) is 0 Å². The van der Waals surface area contributed by atoms with Crippen molar-refractivity contribution in [1.82, 2.24) is 0 Å². The predicted octanol–water partition coefficient (Wildman–Crippen LogP) is -0.269. The molecular weight excluding hydrogens is 118 g/mol. The fraction of sp³-hybridized carbons (Fsp3) is 1.00. The molecule has 0 aliphatic heterocycles. The number of methoxy groups -OCH3 is 1. The summed E-state index contributed by atoms with van der Waals surface area (Å²) in [6.45, 7) is 3.72. The van der Waals surface area contributed by atoms with Crippen LogP contribution in [0.4, 0.5) is 0 Å². The Morgan fingerprint density at radius 2 is 2.11 bits per heavy atom. The Hall–Kier alpha value is -0.120. The predicted molar refractivity (Wildman–Crippen MR) is 36.1 cm³/mol. The molecule has 3 heteroatoms. The maximum absolute atomic E-state index is 9.21. The van der Waals surface area contributed by atoms with Crippen molar-refractivity contribution in [3.8, 4) is 0 Å². The van der Waals surface area contributed by atoms with Crippen molar-refractivity contribution < 1.29 is 9.84 Å². The smallest absolute Gasteiger partial charge is 0.0764 e. The molecule has 0 spiro atoms. The van der Waals surface area contributed by atoms with Gasteiger partial charge in [0.25, 0.3) is 0 Å². The highest BCUT2D eigenvalue weighted by Gasteiger charge is 2.21. The van der Waals surface area contributed by atoms with E-state index in [2.05, 4.69) is 0 Å². The molecule has 0 aliphatic carbocycles. The Bertz CT molecular complexity index is 77.6. The molecule has 0 aromatic heterocycles. The normalized spacial score (nSPS) is 15.7. The maximum atomic E-state index is 9.21. The lowest BCUT2D eigenvalue weighted by atomic mass is 10.0. The molecule has 0 heterocycles. The topological polar surface area (TPSA) is 55.5 Å². The fourth-order valence-corrected chi connectivity index (χ4v) is 0.383. The molecule has 0 radical (unpaired) electrons. The van der Waals surface area contributed by atoms with E-state index < -0.39 is 5.60 Å². The average Bonchev–Trinajstić information content (AvgIpc) is 1.64. The van der Waals surface area contributed by atoms with Crippen LogP contribution in [0, 0.1) is 0 Å². The molecule has 0 aromatic carbocycles. The van der Waals surface area contributed by atoms with Crippen LogP contribution in [-0.4, -0.2) is 30.5 Å². The number of rotatable bonds is 3. The van der Waals surface area contributed by atoms with Gasteiger partial charge in [0.1, 0.15) is 0 Å². The van der Waals surface area contributed by atoms with E-state index in [4.69, 9.17) is 10.5 Å². The molecule has 1 atom stereocenters. The summed E-state index contributed by atoms with van der Waals surface area (Å²) in [5.41, 5.74) is 4.65. The molecule has 0 saturated heterocycles. The number of hydrogen-bond donors (Lipinski definition) is 2. The van der Waals surface area contributed by atoms with Gasteiger partial charge in [0, 0.05) is 7.11 Å². The van der Waals surface area contributed by atoms with Crippen LogP contribution < -0.4 is 5.73 Å². The van der Waals surface area contributed by atoms with Crippen molar-refractivity contribution in [3.63, 3.8) is 0 Å². The molecule has 0 rings (SSSR count). The first-order valence-corrected chi connectivity index (χ1v) is 2.95. The van der Waals surface area contributed by atoms with Crippen molar-refractivity contribution in [1.29, 1.82) is 0 Å². The summed E-state index contributed by atoms with van der Waals surface area (Å²) >= 11 is 0. The third kappa shape index (κ3) is 3.46. The number of aliphatic hydroxyl groups is 1. The first kappa shape index (κ1) is 8.88. The van der Waals surface area contributed by atoms with E-state index in [-0.39, 0.29) is 6.04 Å². The van der Waals surface area contributed by atoms with Gasteiger partial charge in [-0.1, -0.05) is 0 Å². The minimum Gasteiger partial charge on any atom is -0.389 e. The molecule has 3 N–H and O–H groups in total. The second-order valence-corrected chi connectivity index (χ2v) is 2.72. The first-order chi connectivity index (χ1) is 3.98. The third-order valence-corrected chi connectivity index (χ3v) is 1.25. The summed E-state index contributed by atoms with van der Waals surface area (Å²) in [6, 6.07) is -0.303. The van der Waals surface area contributed by atoms with E-state index in [9.17, 15) is 5.11 Å². The second kappa shape index (κ2) is 3.15. The van der Waals surface area contributed by atoms with Crippen LogP contribution in [0.25, 0.3) is 0 Å². The van der Waals surface area contributed by atoms with Crippen molar-refractivity contribution in [2.75, 3.05) is 13.7 Å². The molecule has 1 unspecified atom stereocenters. The molecule has 0 amide bonds.